The molecular weight excluding hydrogens is 311 g/mol. The van der Waals surface area contributed by atoms with Crippen LogP contribution in [0.1, 0.15) is 63.0 Å². The fourth-order valence-electron chi connectivity index (χ4n) is 4.04. The van der Waals surface area contributed by atoms with Gasteiger partial charge in [0.1, 0.15) is 5.82 Å². The molecule has 0 radical (unpaired) electrons. The Kier molecular flexibility index (Phi) is 6.25. The molecule has 0 aliphatic heterocycles. The third-order valence-electron chi connectivity index (χ3n) is 5.65. The lowest BCUT2D eigenvalue weighted by Gasteiger charge is -2.29. The number of benzene rings is 2. The third kappa shape index (κ3) is 4.30. The van der Waals surface area contributed by atoms with Gasteiger partial charge in [-0.2, -0.15) is 0 Å². The van der Waals surface area contributed by atoms with Crippen LogP contribution in [0.4, 0.5) is 4.39 Å². The standard InChI is InChI=1S/C23H29FO/c1-3-17-9-11-18(12-10-17)21-7-5-6-8-22(21)19-13-14-20(16-25-4-2)23(24)15-19/h5-8,13-15,17-18H,3-4,9-12,16H2,1-2H3/t17-,18-. The summed E-state index contributed by atoms with van der Waals surface area (Å²) in [5.74, 6) is 1.32. The van der Waals surface area contributed by atoms with Gasteiger partial charge in [0.05, 0.1) is 6.61 Å². The van der Waals surface area contributed by atoms with E-state index in [1.165, 1.54) is 43.2 Å². The van der Waals surface area contributed by atoms with E-state index in [1.807, 2.05) is 19.1 Å². The number of hydrogen-bond donors (Lipinski definition) is 0. The predicted octanol–water partition coefficient (Wildman–Crippen LogP) is 6.71. The summed E-state index contributed by atoms with van der Waals surface area (Å²) >= 11 is 0. The van der Waals surface area contributed by atoms with Crippen LogP contribution in [0.15, 0.2) is 42.5 Å². The quantitative estimate of drug-likeness (QED) is 0.567. The van der Waals surface area contributed by atoms with Gasteiger partial charge in [0.15, 0.2) is 0 Å². The van der Waals surface area contributed by atoms with Gasteiger partial charge in [-0.05, 0) is 67.2 Å². The molecule has 0 atom stereocenters. The second-order valence-corrected chi connectivity index (χ2v) is 7.16. The maximum absolute atomic E-state index is 14.5. The molecule has 1 aliphatic rings. The molecule has 25 heavy (non-hydrogen) atoms. The van der Waals surface area contributed by atoms with Crippen LogP contribution in [-0.2, 0) is 11.3 Å². The average molecular weight is 340 g/mol. The zero-order chi connectivity index (χ0) is 17.6. The van der Waals surface area contributed by atoms with Gasteiger partial charge in [-0.3, -0.25) is 0 Å². The summed E-state index contributed by atoms with van der Waals surface area (Å²) in [5.41, 5.74) is 4.18. The van der Waals surface area contributed by atoms with E-state index in [1.54, 1.807) is 6.07 Å². The third-order valence-corrected chi connectivity index (χ3v) is 5.65. The van der Waals surface area contributed by atoms with Crippen LogP contribution >= 0.6 is 0 Å². The zero-order valence-electron chi connectivity index (χ0n) is 15.4. The van der Waals surface area contributed by atoms with E-state index in [0.717, 1.165) is 11.5 Å². The van der Waals surface area contributed by atoms with Crippen molar-refractivity contribution in [1.29, 1.82) is 0 Å². The highest BCUT2D eigenvalue weighted by Crippen LogP contribution is 2.40. The molecule has 3 rings (SSSR count). The lowest BCUT2D eigenvalue weighted by atomic mass is 9.76. The molecule has 2 heteroatoms. The van der Waals surface area contributed by atoms with E-state index in [0.29, 0.717) is 24.7 Å². The molecule has 1 nitrogen and oxygen atoms in total. The maximum atomic E-state index is 14.5. The first-order valence-corrected chi connectivity index (χ1v) is 9.68. The minimum Gasteiger partial charge on any atom is -0.377 e. The first-order valence-electron chi connectivity index (χ1n) is 9.68. The molecule has 0 saturated heterocycles. The number of hydrogen-bond acceptors (Lipinski definition) is 1. The molecule has 0 amide bonds. The van der Waals surface area contributed by atoms with Crippen molar-refractivity contribution in [2.24, 2.45) is 5.92 Å². The molecule has 0 bridgehead atoms. The van der Waals surface area contributed by atoms with Crippen molar-refractivity contribution in [3.05, 3.63) is 59.4 Å². The molecule has 0 N–H and O–H groups in total. The first-order chi connectivity index (χ1) is 12.2. The van der Waals surface area contributed by atoms with Gasteiger partial charge in [0.25, 0.3) is 0 Å². The molecule has 0 aromatic heterocycles. The van der Waals surface area contributed by atoms with E-state index in [2.05, 4.69) is 31.2 Å². The molecule has 1 saturated carbocycles. The van der Waals surface area contributed by atoms with Gasteiger partial charge in [0.2, 0.25) is 0 Å². The Balaban J connectivity index is 1.85. The Morgan fingerprint density at radius 2 is 1.76 bits per heavy atom. The minimum absolute atomic E-state index is 0.171. The Morgan fingerprint density at radius 1 is 1.00 bits per heavy atom. The van der Waals surface area contributed by atoms with E-state index in [-0.39, 0.29) is 5.82 Å². The van der Waals surface area contributed by atoms with E-state index >= 15 is 0 Å². The van der Waals surface area contributed by atoms with Gasteiger partial charge in [-0.25, -0.2) is 4.39 Å². The summed E-state index contributed by atoms with van der Waals surface area (Å²) in [7, 11) is 0. The highest BCUT2D eigenvalue weighted by Gasteiger charge is 2.23. The Labute approximate surface area is 151 Å². The van der Waals surface area contributed by atoms with Crippen LogP contribution in [-0.4, -0.2) is 6.61 Å². The first kappa shape index (κ1) is 18.1. The lowest BCUT2D eigenvalue weighted by molar-refractivity contribution is 0.131. The molecule has 134 valence electrons. The summed E-state index contributed by atoms with van der Waals surface area (Å²) in [4.78, 5) is 0. The molecule has 0 unspecified atom stereocenters. The molecule has 2 aromatic carbocycles. The highest BCUT2D eigenvalue weighted by molar-refractivity contribution is 5.68. The van der Waals surface area contributed by atoms with Crippen molar-refractivity contribution >= 4 is 0 Å². The van der Waals surface area contributed by atoms with Gasteiger partial charge in [-0.1, -0.05) is 49.7 Å². The van der Waals surface area contributed by atoms with Crippen molar-refractivity contribution in [1.82, 2.24) is 0 Å². The molecule has 0 spiro atoms. The minimum atomic E-state index is -0.171. The van der Waals surface area contributed by atoms with Crippen LogP contribution < -0.4 is 0 Å². The van der Waals surface area contributed by atoms with E-state index in [9.17, 15) is 4.39 Å². The normalized spacial score (nSPS) is 20.6. The van der Waals surface area contributed by atoms with Crippen molar-refractivity contribution in [2.45, 2.75) is 58.5 Å². The summed E-state index contributed by atoms with van der Waals surface area (Å²) in [6.07, 6.45) is 6.43. The molecule has 0 heterocycles. The molecule has 1 fully saturated rings. The second kappa shape index (κ2) is 8.62. The summed E-state index contributed by atoms with van der Waals surface area (Å²) in [5, 5.41) is 0. The van der Waals surface area contributed by atoms with Crippen LogP contribution in [0, 0.1) is 11.7 Å². The van der Waals surface area contributed by atoms with Crippen molar-refractivity contribution < 1.29 is 9.13 Å². The van der Waals surface area contributed by atoms with Crippen molar-refractivity contribution in [2.75, 3.05) is 6.61 Å². The topological polar surface area (TPSA) is 9.23 Å². The van der Waals surface area contributed by atoms with Crippen LogP contribution in [0.25, 0.3) is 11.1 Å². The summed E-state index contributed by atoms with van der Waals surface area (Å²) in [6.45, 7) is 5.16. The fraction of sp³-hybridized carbons (Fsp3) is 0.478. The SMILES string of the molecule is CCOCc1ccc(-c2ccccc2[C@H]2CC[C@H](CC)CC2)cc1F. The number of ether oxygens (including phenoxy) is 1. The van der Waals surface area contributed by atoms with Crippen molar-refractivity contribution in [3.63, 3.8) is 0 Å². The highest BCUT2D eigenvalue weighted by atomic mass is 19.1. The predicted molar refractivity (Wildman–Crippen MR) is 102 cm³/mol. The Bertz CT molecular complexity index is 686. The monoisotopic (exact) mass is 340 g/mol. The van der Waals surface area contributed by atoms with Gasteiger partial charge < -0.3 is 4.74 Å². The van der Waals surface area contributed by atoms with E-state index < -0.39 is 0 Å². The van der Waals surface area contributed by atoms with Crippen LogP contribution in [0.5, 0.6) is 0 Å². The molecular formula is C23H29FO. The largest absolute Gasteiger partial charge is 0.377 e. The second-order valence-electron chi connectivity index (χ2n) is 7.16. The zero-order valence-corrected chi connectivity index (χ0v) is 15.4. The van der Waals surface area contributed by atoms with E-state index in [4.69, 9.17) is 4.74 Å². The lowest BCUT2D eigenvalue weighted by Crippen LogP contribution is -2.13. The van der Waals surface area contributed by atoms with Crippen molar-refractivity contribution in [3.8, 4) is 11.1 Å². The average Bonchev–Trinajstić information content (AvgIpc) is 2.67. The van der Waals surface area contributed by atoms with Crippen LogP contribution in [0.3, 0.4) is 0 Å². The number of rotatable bonds is 6. The van der Waals surface area contributed by atoms with Gasteiger partial charge >= 0.3 is 0 Å². The molecule has 2 aromatic rings. The molecule has 1 aliphatic carbocycles. The van der Waals surface area contributed by atoms with Gasteiger partial charge in [0, 0.05) is 12.2 Å². The summed E-state index contributed by atoms with van der Waals surface area (Å²) in [6, 6.07) is 14.1. The smallest absolute Gasteiger partial charge is 0.129 e. The Hall–Kier alpha value is -1.67. The van der Waals surface area contributed by atoms with Crippen LogP contribution in [0.2, 0.25) is 0 Å². The number of halogens is 1. The van der Waals surface area contributed by atoms with Gasteiger partial charge in [-0.15, -0.1) is 0 Å². The fourth-order valence-corrected chi connectivity index (χ4v) is 4.04. The summed E-state index contributed by atoms with van der Waals surface area (Å²) < 4.78 is 19.8. The Morgan fingerprint density at radius 3 is 2.44 bits per heavy atom. The maximum Gasteiger partial charge on any atom is 0.129 e.